The van der Waals surface area contributed by atoms with E-state index < -0.39 is 0 Å². The Labute approximate surface area is 151 Å². The molecule has 1 aliphatic rings. The molecule has 1 atom stereocenters. The van der Waals surface area contributed by atoms with E-state index in [4.69, 9.17) is 11.6 Å². The number of hydrogen-bond donors (Lipinski definition) is 2. The van der Waals surface area contributed by atoms with Crippen molar-refractivity contribution < 1.29 is 4.79 Å². The molecule has 0 unspecified atom stereocenters. The quantitative estimate of drug-likeness (QED) is 0.695. The van der Waals surface area contributed by atoms with Crippen LogP contribution in [0.2, 0.25) is 5.15 Å². The number of nitrogens with zero attached hydrogens (tertiary/aromatic N) is 1. The first kappa shape index (κ1) is 16.1. The summed E-state index contributed by atoms with van der Waals surface area (Å²) in [7, 11) is 0. The van der Waals surface area contributed by atoms with Gasteiger partial charge >= 0.3 is 0 Å². The van der Waals surface area contributed by atoms with E-state index in [0.29, 0.717) is 16.8 Å². The van der Waals surface area contributed by atoms with Crippen LogP contribution in [0.1, 0.15) is 28.4 Å². The molecule has 0 saturated carbocycles. The Morgan fingerprint density at radius 3 is 2.72 bits per heavy atom. The van der Waals surface area contributed by atoms with Crippen LogP contribution in [0.5, 0.6) is 0 Å². The smallest absolute Gasteiger partial charge is 0.274 e. The van der Waals surface area contributed by atoms with Gasteiger partial charge in [0.25, 0.3) is 5.91 Å². The molecule has 4 nitrogen and oxygen atoms in total. The number of anilines is 1. The average molecular weight is 352 g/mol. The highest BCUT2D eigenvalue weighted by Gasteiger charge is 2.16. The minimum Gasteiger partial charge on any atom is -0.321 e. The molecule has 1 saturated heterocycles. The lowest BCUT2D eigenvalue weighted by Crippen LogP contribution is -2.14. The van der Waals surface area contributed by atoms with E-state index in [1.54, 1.807) is 6.07 Å². The topological polar surface area (TPSA) is 54.0 Å². The number of carbonyl (C=O) groups excluding carboxylic acids is 1. The summed E-state index contributed by atoms with van der Waals surface area (Å²) in [5, 5.41) is 8.34. The van der Waals surface area contributed by atoms with Crippen LogP contribution in [-0.4, -0.2) is 24.0 Å². The largest absolute Gasteiger partial charge is 0.321 e. The second kappa shape index (κ2) is 6.82. The number of nitrogens with one attached hydrogen (secondary N) is 2. The SMILES string of the molecule is O=C(Nc1ccc([C@@H]2CCNC2)cc1)c1cc2ccccc2c(Cl)n1. The monoisotopic (exact) mass is 351 g/mol. The van der Waals surface area contributed by atoms with Crippen molar-refractivity contribution in [2.75, 3.05) is 18.4 Å². The van der Waals surface area contributed by atoms with Gasteiger partial charge in [-0.3, -0.25) is 4.79 Å². The van der Waals surface area contributed by atoms with Crippen molar-refractivity contribution in [3.05, 3.63) is 71.0 Å². The number of aromatic nitrogens is 1. The Hall–Kier alpha value is -2.43. The van der Waals surface area contributed by atoms with Gasteiger partial charge in [0.05, 0.1) is 0 Å². The molecular formula is C20H18ClN3O. The maximum atomic E-state index is 12.5. The summed E-state index contributed by atoms with van der Waals surface area (Å²) in [5.74, 6) is 0.300. The zero-order valence-corrected chi connectivity index (χ0v) is 14.4. The standard InChI is InChI=1S/C20H18ClN3O/c21-19-17-4-2-1-3-14(17)11-18(24-19)20(25)23-16-7-5-13(6-8-16)15-9-10-22-12-15/h1-8,11,15,22H,9-10,12H2,(H,23,25)/t15-/m1/s1. The van der Waals surface area contributed by atoms with Crippen LogP contribution < -0.4 is 10.6 Å². The van der Waals surface area contributed by atoms with Gasteiger partial charge < -0.3 is 10.6 Å². The molecule has 0 bridgehead atoms. The van der Waals surface area contributed by atoms with Gasteiger partial charge in [0.1, 0.15) is 10.8 Å². The molecule has 3 aromatic rings. The highest BCUT2D eigenvalue weighted by molar-refractivity contribution is 6.34. The molecule has 1 aromatic heterocycles. The molecule has 0 aliphatic carbocycles. The van der Waals surface area contributed by atoms with E-state index >= 15 is 0 Å². The Kier molecular flexibility index (Phi) is 4.38. The van der Waals surface area contributed by atoms with Crippen molar-refractivity contribution in [2.45, 2.75) is 12.3 Å². The third-order valence-corrected chi connectivity index (χ3v) is 4.91. The van der Waals surface area contributed by atoms with Gasteiger partial charge in [-0.2, -0.15) is 0 Å². The summed E-state index contributed by atoms with van der Waals surface area (Å²) in [6.45, 7) is 2.09. The molecule has 1 amide bonds. The van der Waals surface area contributed by atoms with Gasteiger partial charge in [0.15, 0.2) is 0 Å². The first-order chi connectivity index (χ1) is 12.2. The lowest BCUT2D eigenvalue weighted by atomic mass is 9.98. The number of hydrogen-bond acceptors (Lipinski definition) is 3. The Morgan fingerprint density at radius 2 is 1.96 bits per heavy atom. The molecular weight excluding hydrogens is 334 g/mol. The number of pyridine rings is 1. The van der Waals surface area contributed by atoms with Crippen LogP contribution in [0.4, 0.5) is 5.69 Å². The molecule has 2 N–H and O–H groups in total. The highest BCUT2D eigenvalue weighted by Crippen LogP contribution is 2.25. The van der Waals surface area contributed by atoms with Crippen molar-refractivity contribution in [1.82, 2.24) is 10.3 Å². The van der Waals surface area contributed by atoms with E-state index in [-0.39, 0.29) is 5.91 Å². The third-order valence-electron chi connectivity index (χ3n) is 4.63. The van der Waals surface area contributed by atoms with Gasteiger partial charge in [-0.25, -0.2) is 4.98 Å². The van der Waals surface area contributed by atoms with E-state index in [2.05, 4.69) is 27.8 Å². The number of carbonyl (C=O) groups is 1. The third kappa shape index (κ3) is 3.36. The highest BCUT2D eigenvalue weighted by atomic mass is 35.5. The summed E-state index contributed by atoms with van der Waals surface area (Å²) in [6.07, 6.45) is 1.16. The predicted molar refractivity (Wildman–Crippen MR) is 101 cm³/mol. The summed E-state index contributed by atoms with van der Waals surface area (Å²) in [4.78, 5) is 16.7. The maximum absolute atomic E-state index is 12.5. The van der Waals surface area contributed by atoms with Crippen LogP contribution >= 0.6 is 11.6 Å². The van der Waals surface area contributed by atoms with Crippen LogP contribution in [-0.2, 0) is 0 Å². The van der Waals surface area contributed by atoms with Crippen LogP contribution in [0.3, 0.4) is 0 Å². The van der Waals surface area contributed by atoms with Gasteiger partial charge in [0, 0.05) is 17.6 Å². The fraction of sp³-hybridized carbons (Fsp3) is 0.200. The Balaban J connectivity index is 1.53. The van der Waals surface area contributed by atoms with E-state index in [0.717, 1.165) is 36.0 Å². The summed E-state index contributed by atoms with van der Waals surface area (Å²) < 4.78 is 0. The Morgan fingerprint density at radius 1 is 1.16 bits per heavy atom. The average Bonchev–Trinajstić information content (AvgIpc) is 3.17. The molecule has 5 heteroatoms. The molecule has 0 radical (unpaired) electrons. The van der Waals surface area contributed by atoms with Crippen molar-refractivity contribution in [3.8, 4) is 0 Å². The van der Waals surface area contributed by atoms with Gasteiger partial charge in [-0.05, 0) is 48.0 Å². The van der Waals surface area contributed by atoms with E-state index in [9.17, 15) is 4.79 Å². The van der Waals surface area contributed by atoms with Crippen molar-refractivity contribution in [1.29, 1.82) is 0 Å². The van der Waals surface area contributed by atoms with Crippen molar-refractivity contribution in [3.63, 3.8) is 0 Å². The fourth-order valence-electron chi connectivity index (χ4n) is 3.25. The van der Waals surface area contributed by atoms with E-state index in [1.165, 1.54) is 5.56 Å². The summed E-state index contributed by atoms with van der Waals surface area (Å²) in [5.41, 5.74) is 2.37. The lowest BCUT2D eigenvalue weighted by Gasteiger charge is -2.11. The summed E-state index contributed by atoms with van der Waals surface area (Å²) in [6, 6.07) is 17.4. The van der Waals surface area contributed by atoms with Gasteiger partial charge in [-0.15, -0.1) is 0 Å². The van der Waals surface area contributed by atoms with Crippen LogP contribution in [0.15, 0.2) is 54.6 Å². The second-order valence-corrected chi connectivity index (χ2v) is 6.64. The van der Waals surface area contributed by atoms with Gasteiger partial charge in [0.2, 0.25) is 0 Å². The second-order valence-electron chi connectivity index (χ2n) is 6.29. The molecule has 25 heavy (non-hydrogen) atoms. The number of amides is 1. The van der Waals surface area contributed by atoms with E-state index in [1.807, 2.05) is 36.4 Å². The minimum atomic E-state index is -0.261. The first-order valence-corrected chi connectivity index (χ1v) is 8.76. The number of benzene rings is 2. The molecule has 1 fully saturated rings. The number of fused-ring (bicyclic) bond motifs is 1. The lowest BCUT2D eigenvalue weighted by molar-refractivity contribution is 0.102. The fourth-order valence-corrected chi connectivity index (χ4v) is 3.51. The zero-order valence-electron chi connectivity index (χ0n) is 13.6. The van der Waals surface area contributed by atoms with Crippen molar-refractivity contribution >= 4 is 34.0 Å². The zero-order chi connectivity index (χ0) is 17.2. The number of rotatable bonds is 3. The summed E-state index contributed by atoms with van der Waals surface area (Å²) >= 11 is 6.21. The minimum absolute atomic E-state index is 0.261. The van der Waals surface area contributed by atoms with Crippen LogP contribution in [0.25, 0.3) is 10.8 Å². The predicted octanol–water partition coefficient (Wildman–Crippen LogP) is 4.22. The molecule has 2 aromatic carbocycles. The van der Waals surface area contributed by atoms with Crippen LogP contribution in [0, 0.1) is 0 Å². The Bertz CT molecular complexity index is 918. The molecule has 1 aliphatic heterocycles. The van der Waals surface area contributed by atoms with Crippen molar-refractivity contribution in [2.24, 2.45) is 0 Å². The first-order valence-electron chi connectivity index (χ1n) is 8.38. The molecule has 126 valence electrons. The maximum Gasteiger partial charge on any atom is 0.274 e. The van der Waals surface area contributed by atoms with Gasteiger partial charge in [-0.1, -0.05) is 48.0 Å². The molecule has 0 spiro atoms. The molecule has 2 heterocycles. The normalized spacial score (nSPS) is 16.9. The molecule has 4 rings (SSSR count). The number of halogens is 1.